The summed E-state index contributed by atoms with van der Waals surface area (Å²) >= 11 is 6.39. The van der Waals surface area contributed by atoms with Gasteiger partial charge < -0.3 is 10.2 Å². The molecule has 21 heavy (non-hydrogen) atoms. The first-order valence-corrected chi connectivity index (χ1v) is 8.25. The van der Waals surface area contributed by atoms with E-state index in [1.54, 1.807) is 12.1 Å². The van der Waals surface area contributed by atoms with Crippen molar-refractivity contribution >= 4 is 11.6 Å². The van der Waals surface area contributed by atoms with E-state index in [1.165, 1.54) is 18.9 Å². The summed E-state index contributed by atoms with van der Waals surface area (Å²) in [4.78, 5) is 2.30. The minimum atomic E-state index is -0.218. The van der Waals surface area contributed by atoms with Gasteiger partial charge >= 0.3 is 0 Å². The molecule has 0 bridgehead atoms. The van der Waals surface area contributed by atoms with Gasteiger partial charge in [-0.3, -0.25) is 0 Å². The lowest BCUT2D eigenvalue weighted by atomic mass is 9.82. The Morgan fingerprint density at radius 1 is 1.33 bits per heavy atom. The molecule has 0 spiro atoms. The number of nitrogens with zero attached hydrogens (tertiary/aromatic N) is 1. The molecule has 0 saturated heterocycles. The van der Waals surface area contributed by atoms with Crippen molar-refractivity contribution in [2.24, 2.45) is 0 Å². The van der Waals surface area contributed by atoms with E-state index in [2.05, 4.69) is 31.2 Å². The largest absolute Gasteiger partial charge is 0.308 e. The quantitative estimate of drug-likeness (QED) is 0.838. The summed E-state index contributed by atoms with van der Waals surface area (Å²) in [5.41, 5.74) is 0.910. The molecule has 1 saturated carbocycles. The van der Waals surface area contributed by atoms with Crippen molar-refractivity contribution in [2.75, 3.05) is 20.6 Å². The molecule has 0 radical (unpaired) electrons. The zero-order valence-corrected chi connectivity index (χ0v) is 14.0. The second kappa shape index (κ2) is 7.08. The standard InChI is InChI=1S/C17H26ClFN2/c1-4-11-20-16(14-12-13(19)7-8-15(14)18)17(21(2)3)9-5-6-10-17/h7-8,12,16,20H,4-6,9-11H2,1-3H3. The minimum absolute atomic E-state index is 0.0204. The van der Waals surface area contributed by atoms with Crippen LogP contribution < -0.4 is 5.32 Å². The van der Waals surface area contributed by atoms with E-state index < -0.39 is 0 Å². The fourth-order valence-corrected chi connectivity index (χ4v) is 3.82. The molecule has 2 nitrogen and oxygen atoms in total. The molecule has 0 amide bonds. The van der Waals surface area contributed by atoms with Gasteiger partial charge in [0.15, 0.2) is 0 Å². The van der Waals surface area contributed by atoms with Crippen molar-refractivity contribution in [1.29, 1.82) is 0 Å². The normalized spacial score (nSPS) is 19.1. The molecule has 1 aromatic rings. The van der Waals surface area contributed by atoms with Crippen LogP contribution in [-0.2, 0) is 0 Å². The fraction of sp³-hybridized carbons (Fsp3) is 0.647. The molecule has 4 heteroatoms. The molecule has 0 heterocycles. The molecule has 118 valence electrons. The molecule has 0 aliphatic heterocycles. The lowest BCUT2D eigenvalue weighted by Gasteiger charge is -2.44. The van der Waals surface area contributed by atoms with Crippen molar-refractivity contribution < 1.29 is 4.39 Å². The van der Waals surface area contributed by atoms with E-state index >= 15 is 0 Å². The van der Waals surface area contributed by atoms with Crippen LogP contribution in [0.25, 0.3) is 0 Å². The molecule has 0 aromatic heterocycles. The van der Waals surface area contributed by atoms with Gasteiger partial charge in [-0.2, -0.15) is 0 Å². The first-order valence-electron chi connectivity index (χ1n) is 7.87. The maximum Gasteiger partial charge on any atom is 0.123 e. The van der Waals surface area contributed by atoms with E-state index in [-0.39, 0.29) is 17.4 Å². The Bertz CT molecular complexity index is 470. The Labute approximate surface area is 132 Å². The molecule has 1 aliphatic carbocycles. The van der Waals surface area contributed by atoms with Crippen LogP contribution in [0.15, 0.2) is 18.2 Å². The molecular weight excluding hydrogens is 287 g/mol. The minimum Gasteiger partial charge on any atom is -0.308 e. The maximum absolute atomic E-state index is 13.7. The Hall–Kier alpha value is -0.640. The summed E-state index contributed by atoms with van der Waals surface area (Å²) in [6.07, 6.45) is 5.72. The van der Waals surface area contributed by atoms with Gasteiger partial charge in [-0.1, -0.05) is 31.4 Å². The number of likely N-dealkylation sites (N-methyl/N-ethyl adjacent to an activating group) is 1. The van der Waals surface area contributed by atoms with E-state index in [0.717, 1.165) is 31.4 Å². The van der Waals surface area contributed by atoms with Crippen LogP contribution in [0, 0.1) is 5.82 Å². The zero-order chi connectivity index (χ0) is 15.5. The third-order valence-electron chi connectivity index (χ3n) is 4.76. The number of hydrogen-bond donors (Lipinski definition) is 1. The van der Waals surface area contributed by atoms with Gasteiger partial charge in [0.25, 0.3) is 0 Å². The predicted octanol–water partition coefficient (Wildman–Crippen LogP) is 4.39. The van der Waals surface area contributed by atoms with Gasteiger partial charge in [0.1, 0.15) is 5.82 Å². The number of benzene rings is 1. The molecule has 2 rings (SSSR count). The smallest absolute Gasteiger partial charge is 0.123 e. The van der Waals surface area contributed by atoms with E-state index in [1.807, 2.05) is 0 Å². The maximum atomic E-state index is 13.7. The van der Waals surface area contributed by atoms with Crippen molar-refractivity contribution in [1.82, 2.24) is 10.2 Å². The first-order chi connectivity index (χ1) is 10.0. The van der Waals surface area contributed by atoms with Crippen molar-refractivity contribution in [3.05, 3.63) is 34.6 Å². The molecule has 1 aliphatic rings. The number of nitrogens with one attached hydrogen (secondary N) is 1. The highest BCUT2D eigenvalue weighted by Gasteiger charge is 2.44. The van der Waals surface area contributed by atoms with Crippen LogP contribution in [0.1, 0.15) is 50.6 Å². The third kappa shape index (κ3) is 3.41. The van der Waals surface area contributed by atoms with Crippen LogP contribution in [0.5, 0.6) is 0 Å². The topological polar surface area (TPSA) is 15.3 Å². The van der Waals surface area contributed by atoms with Gasteiger partial charge in [-0.15, -0.1) is 0 Å². The lowest BCUT2D eigenvalue weighted by Crippen LogP contribution is -2.52. The zero-order valence-electron chi connectivity index (χ0n) is 13.3. The van der Waals surface area contributed by atoms with Crippen LogP contribution in [-0.4, -0.2) is 31.1 Å². The van der Waals surface area contributed by atoms with Gasteiger partial charge in [-0.25, -0.2) is 4.39 Å². The van der Waals surface area contributed by atoms with Crippen LogP contribution in [0.2, 0.25) is 5.02 Å². The highest BCUT2D eigenvalue weighted by Crippen LogP contribution is 2.45. The lowest BCUT2D eigenvalue weighted by molar-refractivity contribution is 0.104. The van der Waals surface area contributed by atoms with Crippen LogP contribution in [0.3, 0.4) is 0 Å². The molecule has 1 unspecified atom stereocenters. The van der Waals surface area contributed by atoms with Crippen molar-refractivity contribution in [3.63, 3.8) is 0 Å². The Kier molecular flexibility index (Phi) is 5.64. The van der Waals surface area contributed by atoms with E-state index in [9.17, 15) is 4.39 Å². The monoisotopic (exact) mass is 312 g/mol. The second-order valence-corrected chi connectivity index (χ2v) is 6.67. The predicted molar refractivity (Wildman–Crippen MR) is 87.3 cm³/mol. The Balaban J connectivity index is 2.44. The summed E-state index contributed by atoms with van der Waals surface area (Å²) in [5.74, 6) is -0.218. The Morgan fingerprint density at radius 2 is 2.00 bits per heavy atom. The van der Waals surface area contributed by atoms with Crippen LogP contribution >= 0.6 is 11.6 Å². The first kappa shape index (κ1) is 16.7. The molecule has 1 aromatic carbocycles. The number of halogens is 2. The highest BCUT2D eigenvalue weighted by molar-refractivity contribution is 6.31. The van der Waals surface area contributed by atoms with Crippen molar-refractivity contribution in [2.45, 2.75) is 50.6 Å². The SMILES string of the molecule is CCCNC(c1cc(F)ccc1Cl)C1(N(C)C)CCCC1. The molecule has 1 N–H and O–H groups in total. The summed E-state index contributed by atoms with van der Waals surface area (Å²) in [6, 6.07) is 4.77. The Morgan fingerprint density at radius 3 is 2.57 bits per heavy atom. The summed E-state index contributed by atoms with van der Waals surface area (Å²) < 4.78 is 13.7. The van der Waals surface area contributed by atoms with E-state index in [0.29, 0.717) is 5.02 Å². The fourth-order valence-electron chi connectivity index (χ4n) is 3.60. The van der Waals surface area contributed by atoms with Gasteiger partial charge in [0.2, 0.25) is 0 Å². The van der Waals surface area contributed by atoms with Gasteiger partial charge in [0, 0.05) is 10.6 Å². The molecule has 1 fully saturated rings. The number of hydrogen-bond acceptors (Lipinski definition) is 2. The van der Waals surface area contributed by atoms with Gasteiger partial charge in [-0.05, 0) is 63.7 Å². The van der Waals surface area contributed by atoms with E-state index in [4.69, 9.17) is 11.6 Å². The summed E-state index contributed by atoms with van der Waals surface area (Å²) in [7, 11) is 4.25. The second-order valence-electron chi connectivity index (χ2n) is 6.26. The summed E-state index contributed by atoms with van der Waals surface area (Å²) in [6.45, 7) is 3.06. The van der Waals surface area contributed by atoms with Crippen molar-refractivity contribution in [3.8, 4) is 0 Å². The average Bonchev–Trinajstić information content (AvgIpc) is 2.93. The molecule has 1 atom stereocenters. The highest BCUT2D eigenvalue weighted by atomic mass is 35.5. The number of rotatable bonds is 6. The van der Waals surface area contributed by atoms with Crippen LogP contribution in [0.4, 0.5) is 4.39 Å². The molecular formula is C17H26ClFN2. The summed E-state index contributed by atoms with van der Waals surface area (Å²) in [5, 5.41) is 4.28. The average molecular weight is 313 g/mol. The van der Waals surface area contributed by atoms with Gasteiger partial charge in [0.05, 0.1) is 6.04 Å². The third-order valence-corrected chi connectivity index (χ3v) is 5.11.